The number of fused-ring (bicyclic) bond motifs is 4. The normalized spacial score (nSPS) is 44.3. The van der Waals surface area contributed by atoms with Gasteiger partial charge in [0.2, 0.25) is 0 Å². The van der Waals surface area contributed by atoms with Crippen molar-refractivity contribution in [1.82, 2.24) is 0 Å². The van der Waals surface area contributed by atoms with Crippen LogP contribution in [0.3, 0.4) is 0 Å². The fraction of sp³-hybridized carbons (Fsp3) is 0.750. The van der Waals surface area contributed by atoms with Crippen molar-refractivity contribution in [2.75, 3.05) is 0 Å². The lowest BCUT2D eigenvalue weighted by Gasteiger charge is -2.52. The van der Waals surface area contributed by atoms with Gasteiger partial charge in [-0.15, -0.1) is 0 Å². The molecule has 4 aliphatic rings. The lowest BCUT2D eigenvalue weighted by atomic mass is 9.54. The van der Waals surface area contributed by atoms with Crippen molar-refractivity contribution in [3.8, 4) is 0 Å². The van der Waals surface area contributed by atoms with Crippen LogP contribution in [0.25, 0.3) is 0 Å². The van der Waals surface area contributed by atoms with E-state index in [1.54, 1.807) is 12.5 Å². The molecule has 0 heterocycles. The second kappa shape index (κ2) is 5.03. The maximum atomic E-state index is 11.7. The topological polar surface area (TPSA) is 57.5 Å². The van der Waals surface area contributed by atoms with Crippen molar-refractivity contribution in [2.45, 2.75) is 76.9 Å². The van der Waals surface area contributed by atoms with E-state index in [4.69, 9.17) is 0 Å². The number of rotatable bonds is 1. The van der Waals surface area contributed by atoms with Crippen molar-refractivity contribution in [3.05, 3.63) is 22.8 Å². The molecule has 0 saturated heterocycles. The van der Waals surface area contributed by atoms with Gasteiger partial charge >= 0.3 is 0 Å². The Morgan fingerprint density at radius 1 is 1.17 bits per heavy atom. The molecule has 0 radical (unpaired) electrons. The minimum Gasteiger partial charge on any atom is -0.390 e. The second-order valence-electron chi connectivity index (χ2n) is 8.45. The lowest BCUT2D eigenvalue weighted by Crippen LogP contribution is -2.55. The van der Waals surface area contributed by atoms with Gasteiger partial charge in [0.15, 0.2) is 5.78 Å². The molecule has 0 amide bonds. The largest absolute Gasteiger partial charge is 0.390 e. The lowest BCUT2D eigenvalue weighted by molar-refractivity contribution is -0.152. The summed E-state index contributed by atoms with van der Waals surface area (Å²) in [6.45, 7) is 3.95. The Morgan fingerprint density at radius 3 is 2.70 bits per heavy atom. The van der Waals surface area contributed by atoms with E-state index in [9.17, 15) is 15.0 Å². The number of carbonyl (C=O) groups is 1. The highest BCUT2D eigenvalue weighted by Crippen LogP contribution is 2.64. The van der Waals surface area contributed by atoms with Crippen LogP contribution in [0.5, 0.6) is 0 Å². The molecule has 0 unspecified atom stereocenters. The molecule has 0 aromatic carbocycles. The Bertz CT molecular complexity index is 614. The van der Waals surface area contributed by atoms with E-state index in [-0.39, 0.29) is 11.2 Å². The van der Waals surface area contributed by atoms with Crippen molar-refractivity contribution in [1.29, 1.82) is 0 Å². The summed E-state index contributed by atoms with van der Waals surface area (Å²) in [7, 11) is 0. The monoisotopic (exact) mass is 316 g/mol. The Morgan fingerprint density at radius 2 is 1.96 bits per heavy atom. The van der Waals surface area contributed by atoms with Gasteiger partial charge in [0.25, 0.3) is 0 Å². The van der Waals surface area contributed by atoms with E-state index in [1.807, 2.05) is 6.08 Å². The third-order valence-electron chi connectivity index (χ3n) is 7.64. The van der Waals surface area contributed by atoms with E-state index in [1.165, 1.54) is 11.1 Å². The van der Waals surface area contributed by atoms with Gasteiger partial charge in [0, 0.05) is 11.8 Å². The van der Waals surface area contributed by atoms with Gasteiger partial charge in [0.1, 0.15) is 0 Å². The molecule has 0 bridgehead atoms. The zero-order chi connectivity index (χ0) is 16.4. The van der Waals surface area contributed by atoms with E-state index in [2.05, 4.69) is 6.92 Å². The first-order valence-corrected chi connectivity index (χ1v) is 9.23. The minimum absolute atomic E-state index is 0.179. The number of hydrogen-bond donors (Lipinski definition) is 2. The summed E-state index contributed by atoms with van der Waals surface area (Å²) in [6, 6.07) is 0. The van der Waals surface area contributed by atoms with Gasteiger partial charge in [-0.05, 0) is 80.9 Å². The highest BCUT2D eigenvalue weighted by molar-refractivity contribution is 5.93. The average molecular weight is 316 g/mol. The third kappa shape index (κ3) is 1.99. The molecule has 2 fully saturated rings. The van der Waals surface area contributed by atoms with Crippen LogP contribution < -0.4 is 0 Å². The zero-order valence-corrected chi connectivity index (χ0v) is 14.3. The number of ketones is 1. The van der Waals surface area contributed by atoms with Gasteiger partial charge in [-0.25, -0.2) is 0 Å². The Balaban J connectivity index is 1.73. The van der Waals surface area contributed by atoms with Crippen LogP contribution in [0.4, 0.5) is 0 Å². The van der Waals surface area contributed by atoms with Crippen LogP contribution in [0, 0.1) is 17.3 Å². The molecule has 4 aliphatic carbocycles. The molecule has 4 rings (SSSR count). The van der Waals surface area contributed by atoms with E-state index < -0.39 is 11.7 Å². The molecule has 2 N–H and O–H groups in total. The quantitative estimate of drug-likeness (QED) is 0.780. The van der Waals surface area contributed by atoms with Crippen molar-refractivity contribution in [3.63, 3.8) is 0 Å². The van der Waals surface area contributed by atoms with Crippen molar-refractivity contribution < 1.29 is 15.0 Å². The summed E-state index contributed by atoms with van der Waals surface area (Å²) in [5, 5.41) is 21.4. The summed E-state index contributed by atoms with van der Waals surface area (Å²) in [6.07, 6.45) is 8.61. The average Bonchev–Trinajstić information content (AvgIpc) is 2.80. The van der Waals surface area contributed by atoms with Crippen LogP contribution in [0.15, 0.2) is 22.8 Å². The molecule has 3 nitrogen and oxygen atoms in total. The fourth-order valence-electron chi connectivity index (χ4n) is 6.27. The molecule has 126 valence electrons. The van der Waals surface area contributed by atoms with E-state index in [0.717, 1.165) is 38.5 Å². The first-order valence-electron chi connectivity index (χ1n) is 9.23. The third-order valence-corrected chi connectivity index (χ3v) is 7.64. The number of aliphatic hydroxyl groups is 2. The minimum atomic E-state index is -0.938. The van der Waals surface area contributed by atoms with Crippen molar-refractivity contribution in [2.24, 2.45) is 17.3 Å². The van der Waals surface area contributed by atoms with Crippen LogP contribution in [0.1, 0.15) is 65.2 Å². The highest BCUT2D eigenvalue weighted by Gasteiger charge is 2.62. The smallest absolute Gasteiger partial charge is 0.156 e. The van der Waals surface area contributed by atoms with Crippen LogP contribution in [-0.2, 0) is 4.79 Å². The Hall–Kier alpha value is -0.930. The van der Waals surface area contributed by atoms with Gasteiger partial charge in [0.05, 0.1) is 11.7 Å². The molecule has 0 aromatic heterocycles. The number of carbonyl (C=O) groups excluding carboxylic acids is 1. The molecular weight excluding hydrogens is 288 g/mol. The molecule has 5 atom stereocenters. The van der Waals surface area contributed by atoms with Gasteiger partial charge < -0.3 is 10.2 Å². The van der Waals surface area contributed by atoms with Gasteiger partial charge in [-0.2, -0.15) is 0 Å². The number of hydrogen-bond acceptors (Lipinski definition) is 3. The van der Waals surface area contributed by atoms with Gasteiger partial charge in [-0.3, -0.25) is 4.79 Å². The maximum Gasteiger partial charge on any atom is 0.156 e. The van der Waals surface area contributed by atoms with Crippen LogP contribution in [0.2, 0.25) is 0 Å². The van der Waals surface area contributed by atoms with Crippen molar-refractivity contribution >= 4 is 5.78 Å². The molecule has 3 heteroatoms. The number of allylic oxidation sites excluding steroid dienone is 4. The van der Waals surface area contributed by atoms with E-state index in [0.29, 0.717) is 24.7 Å². The fourth-order valence-corrected chi connectivity index (χ4v) is 6.27. The summed E-state index contributed by atoms with van der Waals surface area (Å²) in [4.78, 5) is 11.7. The van der Waals surface area contributed by atoms with Crippen LogP contribution in [-0.4, -0.2) is 27.7 Å². The zero-order valence-electron chi connectivity index (χ0n) is 14.3. The first-order chi connectivity index (χ1) is 10.9. The summed E-state index contributed by atoms with van der Waals surface area (Å²) in [5.41, 5.74) is 3.22. The Labute approximate surface area is 138 Å². The predicted octanol–water partition coefficient (Wildman–Crippen LogP) is 3.30. The predicted molar refractivity (Wildman–Crippen MR) is 88.8 cm³/mol. The molecular formula is C20H28O3. The molecule has 2 saturated carbocycles. The second-order valence-corrected chi connectivity index (χ2v) is 8.45. The summed E-state index contributed by atoms with van der Waals surface area (Å²) in [5.74, 6) is 1.30. The molecule has 23 heavy (non-hydrogen) atoms. The standard InChI is InChI=1S/C20H28O3/c1-12(21)20(23)10-8-18-17-5-3-13-11-14(22)4-6-15(13)16(17)7-9-19(18,20)2/h11-12,17-18,21,23H,3-10H2,1-2H3/t12-,17+,18-,19-,20-/m0/s1. The SMILES string of the molecule is C[C@H](O)[C@@]1(O)CC[C@H]2[C@@H]3CCC4=CC(=O)CCC4=C3CC[C@@]21C. The van der Waals surface area contributed by atoms with E-state index >= 15 is 0 Å². The highest BCUT2D eigenvalue weighted by atomic mass is 16.3. The Kier molecular flexibility index (Phi) is 3.41. The van der Waals surface area contributed by atoms with Gasteiger partial charge in [-0.1, -0.05) is 12.5 Å². The van der Waals surface area contributed by atoms with Crippen LogP contribution >= 0.6 is 0 Å². The first kappa shape index (κ1) is 15.6. The summed E-state index contributed by atoms with van der Waals surface area (Å²) < 4.78 is 0. The summed E-state index contributed by atoms with van der Waals surface area (Å²) >= 11 is 0. The molecule has 0 spiro atoms. The molecule has 0 aliphatic heterocycles. The number of aliphatic hydroxyl groups excluding tert-OH is 1. The molecule has 0 aromatic rings. The maximum absolute atomic E-state index is 11.7.